The molecule has 100 valence electrons. The summed E-state index contributed by atoms with van der Waals surface area (Å²) in [5.41, 5.74) is 0. The van der Waals surface area contributed by atoms with Crippen LogP contribution in [-0.2, 0) is 10.2 Å². The molecule has 0 spiro atoms. The molecular weight excluding hydrogens is 318 g/mol. The van der Waals surface area contributed by atoms with Crippen molar-refractivity contribution in [2.45, 2.75) is 19.8 Å². The van der Waals surface area contributed by atoms with Crippen LogP contribution in [0.4, 0.5) is 5.82 Å². The largest absolute Gasteiger partial charge is 0.302 e. The number of pyridine rings is 1. The van der Waals surface area contributed by atoms with Crippen LogP contribution in [0.3, 0.4) is 0 Å². The van der Waals surface area contributed by atoms with E-state index in [1.54, 1.807) is 18.3 Å². The van der Waals surface area contributed by atoms with Crippen LogP contribution in [0.5, 0.6) is 0 Å². The van der Waals surface area contributed by atoms with Crippen LogP contribution < -0.4 is 4.72 Å². The number of piperidine rings is 1. The monoisotopic (exact) mass is 333 g/mol. The zero-order valence-corrected chi connectivity index (χ0v) is 12.5. The number of hydrogen-bond acceptors (Lipinski definition) is 3. The fourth-order valence-corrected chi connectivity index (χ4v) is 3.57. The zero-order valence-electron chi connectivity index (χ0n) is 10.1. The third-order valence-corrected chi connectivity index (χ3v) is 4.87. The van der Waals surface area contributed by atoms with Gasteiger partial charge in [0.25, 0.3) is 0 Å². The first-order valence-electron chi connectivity index (χ1n) is 5.87. The fourth-order valence-electron chi connectivity index (χ4n) is 2.00. The lowest BCUT2D eigenvalue weighted by molar-refractivity contribution is 0.282. The van der Waals surface area contributed by atoms with Crippen LogP contribution in [0.1, 0.15) is 19.8 Å². The summed E-state index contributed by atoms with van der Waals surface area (Å²) in [6, 6.07) is 3.39. The lowest BCUT2D eigenvalue weighted by atomic mass is 10.0. The summed E-state index contributed by atoms with van der Waals surface area (Å²) in [6.45, 7) is 3.22. The Balaban J connectivity index is 2.09. The van der Waals surface area contributed by atoms with Gasteiger partial charge in [0.05, 0.1) is 0 Å². The predicted octanol–water partition coefficient (Wildman–Crippen LogP) is 2.23. The minimum absolute atomic E-state index is 0.344. The first-order chi connectivity index (χ1) is 8.47. The molecule has 1 aromatic heterocycles. The number of aromatic nitrogens is 1. The van der Waals surface area contributed by atoms with Gasteiger partial charge in [-0.3, -0.25) is 4.72 Å². The summed E-state index contributed by atoms with van der Waals surface area (Å²) in [5, 5.41) is 0. The van der Waals surface area contributed by atoms with Gasteiger partial charge in [-0.25, -0.2) is 4.98 Å². The molecule has 1 aromatic rings. The smallest absolute Gasteiger partial charge is 0.254 e. The molecule has 1 N–H and O–H groups in total. The number of nitrogens with zero attached hydrogens (tertiary/aromatic N) is 2. The van der Waals surface area contributed by atoms with E-state index in [0.29, 0.717) is 24.8 Å². The van der Waals surface area contributed by atoms with Crippen LogP contribution in [0.25, 0.3) is 0 Å². The Kier molecular flexibility index (Phi) is 4.24. The Morgan fingerprint density at radius 2 is 2.28 bits per heavy atom. The normalized spacial score (nSPS) is 21.8. The Morgan fingerprint density at radius 1 is 1.50 bits per heavy atom. The average molecular weight is 334 g/mol. The molecule has 0 saturated carbocycles. The van der Waals surface area contributed by atoms with Crippen molar-refractivity contribution in [2.75, 3.05) is 17.8 Å². The molecule has 1 aliphatic rings. The molecule has 2 heterocycles. The van der Waals surface area contributed by atoms with Gasteiger partial charge in [-0.05, 0) is 46.8 Å². The zero-order chi connectivity index (χ0) is 13.2. The molecule has 0 aromatic carbocycles. The van der Waals surface area contributed by atoms with Gasteiger partial charge in [-0.2, -0.15) is 12.7 Å². The van der Waals surface area contributed by atoms with Crippen molar-refractivity contribution >= 4 is 32.0 Å². The van der Waals surface area contributed by atoms with E-state index in [2.05, 4.69) is 32.6 Å². The standard InChI is InChI=1S/C11H16BrN3O2S/c1-9-3-2-6-15(8-9)18(16,17)14-11-5-4-10(12)7-13-11/h4-5,7,9H,2-3,6,8H2,1H3,(H,13,14). The summed E-state index contributed by atoms with van der Waals surface area (Å²) < 4.78 is 29.1. The predicted molar refractivity (Wildman–Crippen MR) is 74.5 cm³/mol. The maximum absolute atomic E-state index is 12.1. The Labute approximate surface area is 116 Å². The first-order valence-corrected chi connectivity index (χ1v) is 8.10. The summed E-state index contributed by atoms with van der Waals surface area (Å²) in [5.74, 6) is 0.754. The van der Waals surface area contributed by atoms with Crippen LogP contribution in [0, 0.1) is 5.92 Å². The van der Waals surface area contributed by atoms with E-state index in [1.807, 2.05) is 0 Å². The minimum Gasteiger partial charge on any atom is -0.254 e. The van der Waals surface area contributed by atoms with Crippen molar-refractivity contribution in [1.29, 1.82) is 0 Å². The van der Waals surface area contributed by atoms with Gasteiger partial charge in [0.2, 0.25) is 0 Å². The van der Waals surface area contributed by atoms with Gasteiger partial charge in [0, 0.05) is 23.8 Å². The number of halogens is 1. The highest BCUT2D eigenvalue weighted by Gasteiger charge is 2.27. The molecule has 1 atom stereocenters. The molecule has 1 fully saturated rings. The van der Waals surface area contributed by atoms with E-state index < -0.39 is 10.2 Å². The van der Waals surface area contributed by atoms with Gasteiger partial charge < -0.3 is 0 Å². The van der Waals surface area contributed by atoms with Gasteiger partial charge in [-0.1, -0.05) is 6.92 Å². The van der Waals surface area contributed by atoms with Crippen LogP contribution in [-0.4, -0.2) is 30.8 Å². The number of anilines is 1. The molecule has 1 aliphatic heterocycles. The highest BCUT2D eigenvalue weighted by molar-refractivity contribution is 9.10. The highest BCUT2D eigenvalue weighted by atomic mass is 79.9. The Hall–Kier alpha value is -0.660. The molecular formula is C11H16BrN3O2S. The number of hydrogen-bond donors (Lipinski definition) is 1. The Morgan fingerprint density at radius 3 is 2.89 bits per heavy atom. The first kappa shape index (κ1) is 13.8. The molecule has 0 radical (unpaired) electrons. The van der Waals surface area contributed by atoms with Gasteiger partial charge in [-0.15, -0.1) is 0 Å². The molecule has 2 rings (SSSR count). The second-order valence-electron chi connectivity index (χ2n) is 4.57. The third-order valence-electron chi connectivity index (χ3n) is 2.92. The maximum atomic E-state index is 12.1. The van der Waals surface area contributed by atoms with Gasteiger partial charge in [0.1, 0.15) is 5.82 Å². The van der Waals surface area contributed by atoms with E-state index >= 15 is 0 Å². The second-order valence-corrected chi connectivity index (χ2v) is 7.16. The van der Waals surface area contributed by atoms with E-state index in [4.69, 9.17) is 0 Å². The Bertz CT molecular complexity index is 504. The summed E-state index contributed by atoms with van der Waals surface area (Å²) in [7, 11) is -3.48. The number of rotatable bonds is 3. The molecule has 7 heteroatoms. The van der Waals surface area contributed by atoms with E-state index in [1.165, 1.54) is 4.31 Å². The molecule has 1 saturated heterocycles. The van der Waals surface area contributed by atoms with Crippen LogP contribution >= 0.6 is 15.9 Å². The van der Waals surface area contributed by atoms with E-state index in [9.17, 15) is 8.42 Å². The van der Waals surface area contributed by atoms with Crippen molar-refractivity contribution < 1.29 is 8.42 Å². The van der Waals surface area contributed by atoms with Crippen molar-refractivity contribution in [1.82, 2.24) is 9.29 Å². The number of nitrogens with one attached hydrogen (secondary N) is 1. The third kappa shape index (κ3) is 3.43. The molecule has 0 bridgehead atoms. The van der Waals surface area contributed by atoms with E-state index in [0.717, 1.165) is 17.3 Å². The average Bonchev–Trinajstić information content (AvgIpc) is 2.32. The van der Waals surface area contributed by atoms with Crippen LogP contribution in [0.15, 0.2) is 22.8 Å². The minimum atomic E-state index is -3.48. The van der Waals surface area contributed by atoms with Crippen molar-refractivity contribution in [3.63, 3.8) is 0 Å². The quantitative estimate of drug-likeness (QED) is 0.922. The van der Waals surface area contributed by atoms with E-state index in [-0.39, 0.29) is 0 Å². The fraction of sp³-hybridized carbons (Fsp3) is 0.545. The van der Waals surface area contributed by atoms with Gasteiger partial charge >= 0.3 is 10.2 Å². The van der Waals surface area contributed by atoms with Crippen molar-refractivity contribution in [3.05, 3.63) is 22.8 Å². The van der Waals surface area contributed by atoms with Gasteiger partial charge in [0.15, 0.2) is 0 Å². The lowest BCUT2D eigenvalue weighted by Gasteiger charge is -2.29. The summed E-state index contributed by atoms with van der Waals surface area (Å²) in [4.78, 5) is 4.01. The topological polar surface area (TPSA) is 62.3 Å². The molecule has 1 unspecified atom stereocenters. The molecule has 0 amide bonds. The molecule has 0 aliphatic carbocycles. The highest BCUT2D eigenvalue weighted by Crippen LogP contribution is 2.20. The molecule has 5 nitrogen and oxygen atoms in total. The van der Waals surface area contributed by atoms with Crippen molar-refractivity contribution in [2.24, 2.45) is 5.92 Å². The maximum Gasteiger partial charge on any atom is 0.302 e. The molecule has 18 heavy (non-hydrogen) atoms. The second kappa shape index (κ2) is 5.54. The summed E-state index contributed by atoms with van der Waals surface area (Å²) in [6.07, 6.45) is 3.56. The van der Waals surface area contributed by atoms with Crippen LogP contribution in [0.2, 0.25) is 0 Å². The SMILES string of the molecule is CC1CCCN(S(=O)(=O)Nc2ccc(Br)cn2)C1. The summed E-state index contributed by atoms with van der Waals surface area (Å²) >= 11 is 3.26. The van der Waals surface area contributed by atoms with Crippen molar-refractivity contribution in [3.8, 4) is 0 Å². The lowest BCUT2D eigenvalue weighted by Crippen LogP contribution is -2.42.